The van der Waals surface area contributed by atoms with Gasteiger partial charge < -0.3 is 5.32 Å². The third-order valence-electron chi connectivity index (χ3n) is 4.46. The highest BCUT2D eigenvalue weighted by atomic mass is 16.1. The molecule has 2 aromatic heterocycles. The topological polar surface area (TPSA) is 64.7 Å². The van der Waals surface area contributed by atoms with Gasteiger partial charge in [0, 0.05) is 23.2 Å². The lowest BCUT2D eigenvalue weighted by molar-refractivity contribution is 0.102. The first-order valence-electron chi connectivity index (χ1n) is 9.49. The monoisotopic (exact) mass is 379 g/mol. The summed E-state index contributed by atoms with van der Waals surface area (Å²) in [5.41, 5.74) is 3.20. The van der Waals surface area contributed by atoms with Gasteiger partial charge in [-0.2, -0.15) is 10.2 Å². The Hall–Kier alpha value is -2.89. The fourth-order valence-corrected chi connectivity index (χ4v) is 2.86. The van der Waals surface area contributed by atoms with Crippen molar-refractivity contribution in [2.45, 2.75) is 59.4 Å². The first kappa shape index (κ1) is 19.9. The van der Waals surface area contributed by atoms with Gasteiger partial charge in [0.1, 0.15) is 5.82 Å². The van der Waals surface area contributed by atoms with E-state index in [2.05, 4.69) is 52.0 Å². The van der Waals surface area contributed by atoms with Crippen LogP contribution in [0.25, 0.3) is 5.69 Å². The molecule has 1 aromatic carbocycles. The third kappa shape index (κ3) is 4.16. The predicted molar refractivity (Wildman–Crippen MR) is 112 cm³/mol. The molecule has 0 spiro atoms. The Morgan fingerprint density at radius 1 is 1.04 bits per heavy atom. The van der Waals surface area contributed by atoms with Crippen LogP contribution >= 0.6 is 0 Å². The van der Waals surface area contributed by atoms with Crippen LogP contribution in [0.15, 0.2) is 42.7 Å². The fraction of sp³-hybridized carbons (Fsp3) is 0.409. The van der Waals surface area contributed by atoms with E-state index in [0.717, 1.165) is 16.9 Å². The zero-order chi connectivity index (χ0) is 20.7. The molecule has 0 saturated carbocycles. The molecule has 148 valence electrons. The summed E-state index contributed by atoms with van der Waals surface area (Å²) in [5.74, 6) is 0.545. The van der Waals surface area contributed by atoms with E-state index in [1.54, 1.807) is 10.9 Å². The Labute approximate surface area is 166 Å². The van der Waals surface area contributed by atoms with E-state index >= 15 is 0 Å². The lowest BCUT2D eigenvalue weighted by atomic mass is 9.92. The number of hydrogen-bond acceptors (Lipinski definition) is 3. The number of benzene rings is 1. The molecule has 0 bridgehead atoms. The lowest BCUT2D eigenvalue weighted by Crippen LogP contribution is -2.27. The third-order valence-corrected chi connectivity index (χ3v) is 4.46. The Kier molecular flexibility index (Phi) is 4.91. The highest BCUT2D eigenvalue weighted by Crippen LogP contribution is 2.28. The molecular formula is C22H29N5O. The van der Waals surface area contributed by atoms with Crippen LogP contribution in [0, 0.1) is 6.92 Å². The van der Waals surface area contributed by atoms with Crippen molar-refractivity contribution in [2.24, 2.45) is 0 Å². The van der Waals surface area contributed by atoms with Gasteiger partial charge in [-0.15, -0.1) is 0 Å². The van der Waals surface area contributed by atoms with Crippen molar-refractivity contribution in [1.82, 2.24) is 19.6 Å². The van der Waals surface area contributed by atoms with E-state index in [1.165, 1.54) is 0 Å². The normalized spacial score (nSPS) is 12.2. The van der Waals surface area contributed by atoms with E-state index in [0.29, 0.717) is 11.4 Å². The Morgan fingerprint density at radius 3 is 2.18 bits per heavy atom. The van der Waals surface area contributed by atoms with Gasteiger partial charge in [0.2, 0.25) is 0 Å². The standard InChI is InChI=1S/C22H29N5O/c1-15-13-23-26(14-15)17-10-8-16(9-11-17)20(28)24-19-12-18(21(2,3)4)25-27(19)22(5,6)7/h8-14H,1-7H3,(H,24,28). The van der Waals surface area contributed by atoms with Crippen molar-refractivity contribution in [2.75, 3.05) is 5.32 Å². The van der Waals surface area contributed by atoms with Gasteiger partial charge in [0.25, 0.3) is 5.91 Å². The second-order valence-corrected chi connectivity index (χ2v) is 9.21. The highest BCUT2D eigenvalue weighted by Gasteiger charge is 2.26. The second-order valence-electron chi connectivity index (χ2n) is 9.21. The molecule has 0 radical (unpaired) electrons. The van der Waals surface area contributed by atoms with Gasteiger partial charge in [-0.25, -0.2) is 9.36 Å². The largest absolute Gasteiger partial charge is 0.307 e. The number of anilines is 1. The molecule has 0 unspecified atom stereocenters. The Bertz CT molecular complexity index is 981. The summed E-state index contributed by atoms with van der Waals surface area (Å²) in [6.45, 7) is 14.6. The van der Waals surface area contributed by atoms with Crippen molar-refractivity contribution < 1.29 is 4.79 Å². The Balaban J connectivity index is 1.85. The van der Waals surface area contributed by atoms with Crippen molar-refractivity contribution in [3.63, 3.8) is 0 Å². The quantitative estimate of drug-likeness (QED) is 0.718. The van der Waals surface area contributed by atoms with E-state index in [4.69, 9.17) is 5.10 Å². The lowest BCUT2D eigenvalue weighted by Gasteiger charge is -2.23. The van der Waals surface area contributed by atoms with Crippen LogP contribution in [-0.4, -0.2) is 25.5 Å². The molecular weight excluding hydrogens is 350 g/mol. The number of nitrogens with zero attached hydrogens (tertiary/aromatic N) is 4. The number of aromatic nitrogens is 4. The predicted octanol–water partition coefficient (Wildman–Crippen LogP) is 4.68. The smallest absolute Gasteiger partial charge is 0.256 e. The van der Waals surface area contributed by atoms with Gasteiger partial charge in [-0.05, 0) is 57.5 Å². The van der Waals surface area contributed by atoms with Crippen molar-refractivity contribution in [3.8, 4) is 5.69 Å². The molecule has 0 saturated heterocycles. The average Bonchev–Trinajstić information content (AvgIpc) is 3.21. The molecule has 3 aromatic rings. The van der Waals surface area contributed by atoms with Gasteiger partial charge in [-0.1, -0.05) is 20.8 Å². The minimum atomic E-state index is -0.242. The van der Waals surface area contributed by atoms with Gasteiger partial charge in [-0.3, -0.25) is 4.79 Å². The maximum absolute atomic E-state index is 12.8. The molecule has 28 heavy (non-hydrogen) atoms. The summed E-state index contributed by atoms with van der Waals surface area (Å²) >= 11 is 0. The molecule has 3 rings (SSSR count). The molecule has 0 aliphatic carbocycles. The highest BCUT2D eigenvalue weighted by molar-refractivity contribution is 6.04. The van der Waals surface area contributed by atoms with E-state index < -0.39 is 0 Å². The van der Waals surface area contributed by atoms with Crippen LogP contribution in [0.4, 0.5) is 5.82 Å². The molecule has 0 fully saturated rings. The molecule has 1 N–H and O–H groups in total. The van der Waals surface area contributed by atoms with Crippen LogP contribution in [0.5, 0.6) is 0 Å². The fourth-order valence-electron chi connectivity index (χ4n) is 2.86. The van der Waals surface area contributed by atoms with Crippen LogP contribution in [-0.2, 0) is 11.0 Å². The average molecular weight is 380 g/mol. The van der Waals surface area contributed by atoms with Crippen LogP contribution < -0.4 is 5.32 Å². The summed E-state index contributed by atoms with van der Waals surface area (Å²) in [5, 5.41) is 12.1. The van der Waals surface area contributed by atoms with E-state index in [9.17, 15) is 4.79 Å². The van der Waals surface area contributed by atoms with Crippen LogP contribution in [0.2, 0.25) is 0 Å². The van der Waals surface area contributed by atoms with Crippen LogP contribution in [0.3, 0.4) is 0 Å². The van der Waals surface area contributed by atoms with Gasteiger partial charge in [0.15, 0.2) is 0 Å². The summed E-state index contributed by atoms with van der Waals surface area (Å²) < 4.78 is 3.67. The first-order chi connectivity index (χ1) is 12.9. The maximum Gasteiger partial charge on any atom is 0.256 e. The minimum Gasteiger partial charge on any atom is -0.307 e. The second kappa shape index (κ2) is 6.93. The zero-order valence-corrected chi connectivity index (χ0v) is 17.7. The number of amides is 1. The number of carbonyl (C=O) groups excluding carboxylic acids is 1. The Morgan fingerprint density at radius 2 is 1.68 bits per heavy atom. The summed E-state index contributed by atoms with van der Waals surface area (Å²) in [6, 6.07) is 9.37. The number of nitrogens with one attached hydrogen (secondary N) is 1. The number of aryl methyl sites for hydroxylation is 1. The molecule has 0 atom stereocenters. The van der Waals surface area contributed by atoms with E-state index in [1.807, 2.05) is 48.1 Å². The summed E-state index contributed by atoms with van der Waals surface area (Å²) in [4.78, 5) is 12.8. The number of rotatable bonds is 3. The molecule has 0 aliphatic heterocycles. The van der Waals surface area contributed by atoms with Gasteiger partial charge in [0.05, 0.1) is 23.1 Å². The first-order valence-corrected chi connectivity index (χ1v) is 9.49. The molecule has 6 nitrogen and oxygen atoms in total. The molecule has 6 heteroatoms. The number of carbonyl (C=O) groups is 1. The van der Waals surface area contributed by atoms with E-state index in [-0.39, 0.29) is 16.9 Å². The summed E-state index contributed by atoms with van der Waals surface area (Å²) in [6.07, 6.45) is 3.76. The van der Waals surface area contributed by atoms with Crippen molar-refractivity contribution in [3.05, 3.63) is 59.5 Å². The molecule has 2 heterocycles. The maximum atomic E-state index is 12.8. The zero-order valence-electron chi connectivity index (χ0n) is 17.7. The minimum absolute atomic E-state index is 0.0977. The molecule has 1 amide bonds. The van der Waals surface area contributed by atoms with Crippen molar-refractivity contribution in [1.29, 1.82) is 0 Å². The van der Waals surface area contributed by atoms with Gasteiger partial charge >= 0.3 is 0 Å². The van der Waals surface area contributed by atoms with Crippen LogP contribution in [0.1, 0.15) is 63.2 Å². The summed E-state index contributed by atoms with van der Waals surface area (Å²) in [7, 11) is 0. The SMILES string of the molecule is Cc1cnn(-c2ccc(C(=O)Nc3cc(C(C)(C)C)nn3C(C)(C)C)cc2)c1. The van der Waals surface area contributed by atoms with Crippen molar-refractivity contribution >= 4 is 11.7 Å². The number of hydrogen-bond donors (Lipinski definition) is 1. The molecule has 0 aliphatic rings.